The predicted molar refractivity (Wildman–Crippen MR) is 144 cm³/mol. The summed E-state index contributed by atoms with van der Waals surface area (Å²) in [5, 5.41) is 14.3. The van der Waals surface area contributed by atoms with Gasteiger partial charge in [0.25, 0.3) is 0 Å². The van der Waals surface area contributed by atoms with Gasteiger partial charge in [-0.05, 0) is 61.6 Å². The predicted octanol–water partition coefficient (Wildman–Crippen LogP) is 6.25. The van der Waals surface area contributed by atoms with Crippen molar-refractivity contribution in [3.05, 3.63) is 66.2 Å². The minimum Gasteiger partial charge on any atom is -0.445 e. The molecule has 1 unspecified atom stereocenters. The van der Waals surface area contributed by atoms with E-state index in [1.165, 1.54) is 25.7 Å². The highest BCUT2D eigenvalue weighted by Crippen LogP contribution is 2.47. The number of hydrogen-bond donors (Lipinski definition) is 2. The van der Waals surface area contributed by atoms with Crippen molar-refractivity contribution in [3.8, 4) is 0 Å². The quantitative estimate of drug-likeness (QED) is 0.371. The van der Waals surface area contributed by atoms with Crippen LogP contribution in [0.4, 0.5) is 4.79 Å². The van der Waals surface area contributed by atoms with Gasteiger partial charge in [-0.3, -0.25) is 4.79 Å². The van der Waals surface area contributed by atoms with Gasteiger partial charge < -0.3 is 15.2 Å². The average Bonchev–Trinajstić information content (AvgIpc) is 2.90. The van der Waals surface area contributed by atoms with Crippen LogP contribution in [0.25, 0.3) is 0 Å². The second-order valence-electron chi connectivity index (χ2n) is 10.5. The minimum absolute atomic E-state index is 0.00598. The Labute approximate surface area is 219 Å². The van der Waals surface area contributed by atoms with Gasteiger partial charge in [-0.2, -0.15) is 0 Å². The van der Waals surface area contributed by atoms with Crippen LogP contribution in [0.15, 0.2) is 65.6 Å². The van der Waals surface area contributed by atoms with Crippen molar-refractivity contribution in [1.29, 1.82) is 0 Å². The molecule has 6 heteroatoms. The van der Waals surface area contributed by atoms with Crippen LogP contribution in [0.2, 0.25) is 0 Å². The van der Waals surface area contributed by atoms with Gasteiger partial charge in [0.1, 0.15) is 12.4 Å². The number of ketones is 1. The van der Waals surface area contributed by atoms with E-state index in [-0.39, 0.29) is 24.2 Å². The smallest absolute Gasteiger partial charge is 0.407 e. The fourth-order valence-corrected chi connectivity index (χ4v) is 7.10. The van der Waals surface area contributed by atoms with Crippen LogP contribution >= 0.6 is 11.8 Å². The standard InChI is InChI=1S/C30H39NO4S/c1-21(32)27-17-24-13-9-8-12-23(24)16-25(27)18-29(33)28(20-36-26-14-6-3-7-15-26)31-30(34)35-19-22-10-4-2-5-11-22/h2-7,10-11,14-15,23-25,27-29,33H,8-9,12-13,16-20H2,1H3,(H,31,34)/t23-,24+,25?,27+,28+,29-/m1/s1. The monoisotopic (exact) mass is 509 g/mol. The summed E-state index contributed by atoms with van der Waals surface area (Å²) >= 11 is 1.60. The van der Waals surface area contributed by atoms with Gasteiger partial charge in [0.2, 0.25) is 0 Å². The third-order valence-corrected chi connectivity index (χ3v) is 9.15. The molecule has 2 aliphatic rings. The number of carbonyl (C=O) groups excluding carboxylic acids is 2. The molecule has 0 aromatic heterocycles. The van der Waals surface area contributed by atoms with E-state index >= 15 is 0 Å². The molecular weight excluding hydrogens is 470 g/mol. The van der Waals surface area contributed by atoms with Gasteiger partial charge in [-0.1, -0.05) is 74.2 Å². The molecule has 0 saturated heterocycles. The molecule has 0 heterocycles. The van der Waals surface area contributed by atoms with Crippen LogP contribution in [0.1, 0.15) is 57.4 Å². The van der Waals surface area contributed by atoms with E-state index < -0.39 is 18.2 Å². The summed E-state index contributed by atoms with van der Waals surface area (Å²) in [6, 6.07) is 19.1. The van der Waals surface area contributed by atoms with Crippen LogP contribution in [0.5, 0.6) is 0 Å². The number of amides is 1. The van der Waals surface area contributed by atoms with Gasteiger partial charge in [0.05, 0.1) is 12.1 Å². The van der Waals surface area contributed by atoms with Crippen molar-refractivity contribution < 1.29 is 19.4 Å². The zero-order valence-electron chi connectivity index (χ0n) is 21.2. The third kappa shape index (κ3) is 7.59. The maximum Gasteiger partial charge on any atom is 0.407 e. The van der Waals surface area contributed by atoms with E-state index in [1.807, 2.05) is 60.7 Å². The molecule has 2 fully saturated rings. The van der Waals surface area contributed by atoms with Crippen molar-refractivity contribution in [2.75, 3.05) is 5.75 Å². The molecule has 0 spiro atoms. The summed E-state index contributed by atoms with van der Waals surface area (Å²) in [4.78, 5) is 26.3. The molecule has 2 aromatic rings. The summed E-state index contributed by atoms with van der Waals surface area (Å²) in [7, 11) is 0. The Kier molecular flexibility index (Phi) is 9.88. The summed E-state index contributed by atoms with van der Waals surface area (Å²) in [6.07, 6.45) is 6.20. The number of aliphatic hydroxyl groups excluding tert-OH is 1. The van der Waals surface area contributed by atoms with E-state index in [1.54, 1.807) is 18.7 Å². The first-order valence-corrected chi connectivity index (χ1v) is 14.3. The second-order valence-corrected chi connectivity index (χ2v) is 11.6. The Hall–Kier alpha value is -2.31. The van der Waals surface area contributed by atoms with Gasteiger partial charge in [0, 0.05) is 16.6 Å². The Balaban J connectivity index is 1.41. The van der Waals surface area contributed by atoms with E-state index in [4.69, 9.17) is 4.74 Å². The lowest BCUT2D eigenvalue weighted by atomic mass is 9.61. The molecule has 5 nitrogen and oxygen atoms in total. The first kappa shape index (κ1) is 26.7. The molecule has 2 aliphatic carbocycles. The first-order valence-electron chi connectivity index (χ1n) is 13.3. The molecule has 0 bridgehead atoms. The summed E-state index contributed by atoms with van der Waals surface area (Å²) in [6.45, 7) is 1.88. The average molecular weight is 510 g/mol. The van der Waals surface area contributed by atoms with Crippen LogP contribution in [-0.2, 0) is 16.1 Å². The Morgan fingerprint density at radius 2 is 1.64 bits per heavy atom. The zero-order valence-corrected chi connectivity index (χ0v) is 22.0. The number of ether oxygens (including phenoxy) is 1. The number of rotatable bonds is 10. The van der Waals surface area contributed by atoms with Crippen LogP contribution < -0.4 is 5.32 Å². The number of thioether (sulfide) groups is 1. The normalized spacial score (nSPS) is 25.3. The molecule has 2 aromatic carbocycles. The molecule has 6 atom stereocenters. The van der Waals surface area contributed by atoms with Crippen molar-refractivity contribution in [1.82, 2.24) is 5.32 Å². The maximum atomic E-state index is 12.7. The number of nitrogens with one attached hydrogen (secondary N) is 1. The molecule has 2 saturated carbocycles. The highest BCUT2D eigenvalue weighted by Gasteiger charge is 2.41. The van der Waals surface area contributed by atoms with Gasteiger partial charge in [0.15, 0.2) is 0 Å². The summed E-state index contributed by atoms with van der Waals surface area (Å²) in [5.74, 6) is 2.23. The molecular formula is C30H39NO4S. The third-order valence-electron chi connectivity index (χ3n) is 8.02. The van der Waals surface area contributed by atoms with E-state index in [0.717, 1.165) is 23.3 Å². The van der Waals surface area contributed by atoms with Crippen molar-refractivity contribution in [2.24, 2.45) is 23.7 Å². The largest absolute Gasteiger partial charge is 0.445 e. The van der Waals surface area contributed by atoms with Crippen molar-refractivity contribution >= 4 is 23.6 Å². The molecule has 194 valence electrons. The van der Waals surface area contributed by atoms with Crippen LogP contribution in [-0.4, -0.2) is 34.9 Å². The number of benzene rings is 2. The summed E-state index contributed by atoms with van der Waals surface area (Å²) in [5.41, 5.74) is 0.914. The zero-order chi connectivity index (χ0) is 25.3. The molecule has 0 aliphatic heterocycles. The number of hydrogen-bond acceptors (Lipinski definition) is 5. The van der Waals surface area contributed by atoms with Gasteiger partial charge >= 0.3 is 6.09 Å². The highest BCUT2D eigenvalue weighted by molar-refractivity contribution is 7.99. The number of fused-ring (bicyclic) bond motifs is 1. The lowest BCUT2D eigenvalue weighted by Gasteiger charge is -2.44. The lowest BCUT2D eigenvalue weighted by Crippen LogP contribution is -2.47. The molecule has 4 rings (SSSR count). The van der Waals surface area contributed by atoms with Gasteiger partial charge in [-0.15, -0.1) is 11.8 Å². The van der Waals surface area contributed by atoms with Crippen molar-refractivity contribution in [3.63, 3.8) is 0 Å². The van der Waals surface area contributed by atoms with E-state index in [2.05, 4.69) is 5.32 Å². The number of Topliss-reactive ketones (excluding diaryl/α,β-unsaturated/α-hetero) is 1. The molecule has 0 radical (unpaired) electrons. The number of aliphatic hydroxyl groups is 1. The molecule has 1 amide bonds. The van der Waals surface area contributed by atoms with Crippen LogP contribution in [0.3, 0.4) is 0 Å². The Morgan fingerprint density at radius 3 is 2.31 bits per heavy atom. The topological polar surface area (TPSA) is 75.6 Å². The SMILES string of the molecule is CC(=O)[C@@H]1C[C@@H]2CCCC[C@@H]2CC1C[C@@H](O)[C@H](CSc1ccccc1)NC(=O)OCc1ccccc1. The summed E-state index contributed by atoms with van der Waals surface area (Å²) < 4.78 is 5.46. The number of alkyl carbamates (subject to hydrolysis) is 1. The Bertz CT molecular complexity index is 969. The number of carbonyl (C=O) groups is 2. The Morgan fingerprint density at radius 1 is 1.00 bits per heavy atom. The van der Waals surface area contributed by atoms with Crippen molar-refractivity contribution in [2.45, 2.75) is 75.5 Å². The fraction of sp³-hybridized carbons (Fsp3) is 0.533. The minimum atomic E-state index is -0.752. The fourth-order valence-electron chi connectivity index (χ4n) is 6.08. The first-order chi connectivity index (χ1) is 17.5. The van der Waals surface area contributed by atoms with Gasteiger partial charge in [-0.25, -0.2) is 4.79 Å². The van der Waals surface area contributed by atoms with E-state index in [0.29, 0.717) is 24.0 Å². The second kappa shape index (κ2) is 13.3. The molecule has 2 N–H and O–H groups in total. The van der Waals surface area contributed by atoms with E-state index in [9.17, 15) is 14.7 Å². The molecule has 36 heavy (non-hydrogen) atoms. The lowest BCUT2D eigenvalue weighted by molar-refractivity contribution is -0.126. The highest BCUT2D eigenvalue weighted by atomic mass is 32.2. The van der Waals surface area contributed by atoms with Crippen LogP contribution in [0, 0.1) is 23.7 Å². The maximum absolute atomic E-state index is 12.7.